The molecular weight excluding hydrogens is 454 g/mol. The van der Waals surface area contributed by atoms with Gasteiger partial charge in [0.25, 0.3) is 0 Å². The van der Waals surface area contributed by atoms with Gasteiger partial charge in [0.15, 0.2) is 0 Å². The molecule has 0 spiro atoms. The van der Waals surface area contributed by atoms with Gasteiger partial charge in [0.05, 0.1) is 12.2 Å². The summed E-state index contributed by atoms with van der Waals surface area (Å²) in [6.07, 6.45) is 9.39. The van der Waals surface area contributed by atoms with Crippen LogP contribution in [-0.2, 0) is 17.8 Å². The van der Waals surface area contributed by atoms with E-state index in [-0.39, 0.29) is 23.4 Å². The van der Waals surface area contributed by atoms with Gasteiger partial charge in [0, 0.05) is 41.2 Å². The van der Waals surface area contributed by atoms with Crippen molar-refractivity contribution in [3.8, 4) is 22.5 Å². The van der Waals surface area contributed by atoms with Gasteiger partial charge in [-0.1, -0.05) is 50.1 Å². The van der Waals surface area contributed by atoms with Crippen LogP contribution in [-0.4, -0.2) is 40.5 Å². The lowest BCUT2D eigenvalue weighted by molar-refractivity contribution is -0.121. The second kappa shape index (κ2) is 10.4. The van der Waals surface area contributed by atoms with E-state index in [9.17, 15) is 9.59 Å². The Labute approximate surface area is 209 Å². The molecule has 1 saturated carbocycles. The van der Waals surface area contributed by atoms with Gasteiger partial charge in [-0.05, 0) is 49.5 Å². The summed E-state index contributed by atoms with van der Waals surface area (Å²) in [5.74, 6) is 0.624. The molecule has 1 aliphatic rings. The van der Waals surface area contributed by atoms with Gasteiger partial charge in [-0.2, -0.15) is 5.21 Å². The third-order valence-corrected chi connectivity index (χ3v) is 7.20. The highest BCUT2D eigenvalue weighted by atomic mass is 16.2. The number of unbranched alkanes of at least 4 members (excludes halogenated alkanes) is 1. The number of nitrogens with one attached hydrogen (secondary N) is 1. The van der Waals surface area contributed by atoms with Crippen molar-refractivity contribution in [1.29, 1.82) is 0 Å². The minimum atomic E-state index is -0.0748. The van der Waals surface area contributed by atoms with Crippen LogP contribution in [0.2, 0.25) is 0 Å². The average Bonchev–Trinajstić information content (AvgIpc) is 3.65. The maximum atomic E-state index is 13.5. The van der Waals surface area contributed by atoms with Crippen LogP contribution in [0.4, 0.5) is 0 Å². The number of benzene rings is 1. The van der Waals surface area contributed by atoms with E-state index in [1.807, 2.05) is 57.9 Å². The second-order valence-corrected chi connectivity index (χ2v) is 9.53. The minimum absolute atomic E-state index is 0.0476. The SMILES string of the molecule is CCCCc1cn(C2CCCC2C(C)=O)c(=O)n1Cc1ccc(-c2ccccc2-c2nn[nH]n2)cn1. The Balaban J connectivity index is 1.44. The van der Waals surface area contributed by atoms with Crippen LogP contribution in [0.1, 0.15) is 63.4 Å². The number of ketones is 1. The summed E-state index contributed by atoms with van der Waals surface area (Å²) in [6, 6.07) is 11.8. The number of Topliss-reactive ketones (excluding diaryl/α,β-unsaturated/α-hetero) is 1. The zero-order valence-electron chi connectivity index (χ0n) is 20.7. The number of nitrogens with zero attached hydrogens (tertiary/aromatic N) is 6. The lowest BCUT2D eigenvalue weighted by Gasteiger charge is -2.17. The second-order valence-electron chi connectivity index (χ2n) is 9.53. The maximum Gasteiger partial charge on any atom is 0.328 e. The van der Waals surface area contributed by atoms with Crippen LogP contribution in [0.3, 0.4) is 0 Å². The van der Waals surface area contributed by atoms with Gasteiger partial charge in [0.2, 0.25) is 5.82 Å². The third kappa shape index (κ3) is 4.65. The molecule has 0 saturated heterocycles. The number of imidazole rings is 1. The smallest absolute Gasteiger partial charge is 0.300 e. The number of rotatable bonds is 9. The number of tetrazole rings is 1. The van der Waals surface area contributed by atoms with Gasteiger partial charge in [-0.3, -0.25) is 18.9 Å². The molecule has 0 bridgehead atoms. The third-order valence-electron chi connectivity index (χ3n) is 7.20. The number of hydrogen-bond acceptors (Lipinski definition) is 6. The number of aromatic nitrogens is 7. The zero-order valence-corrected chi connectivity index (χ0v) is 20.7. The Morgan fingerprint density at radius 3 is 2.67 bits per heavy atom. The van der Waals surface area contributed by atoms with E-state index in [0.717, 1.165) is 66.6 Å². The van der Waals surface area contributed by atoms with Crippen molar-refractivity contribution in [1.82, 2.24) is 34.7 Å². The van der Waals surface area contributed by atoms with E-state index >= 15 is 0 Å². The van der Waals surface area contributed by atoms with Gasteiger partial charge < -0.3 is 0 Å². The number of pyridine rings is 1. The first-order valence-electron chi connectivity index (χ1n) is 12.7. The number of carbonyl (C=O) groups excluding carboxylic acids is 1. The van der Waals surface area contributed by atoms with Crippen molar-refractivity contribution in [3.05, 3.63) is 70.7 Å². The molecule has 36 heavy (non-hydrogen) atoms. The molecule has 0 aliphatic heterocycles. The molecule has 186 valence electrons. The minimum Gasteiger partial charge on any atom is -0.300 e. The predicted octanol–water partition coefficient (Wildman–Crippen LogP) is 4.21. The molecule has 1 aliphatic carbocycles. The van der Waals surface area contributed by atoms with E-state index < -0.39 is 0 Å². The molecule has 9 nitrogen and oxygen atoms in total. The molecule has 1 aromatic carbocycles. The van der Waals surface area contributed by atoms with E-state index in [0.29, 0.717) is 12.4 Å². The number of hydrogen-bond donors (Lipinski definition) is 1. The largest absolute Gasteiger partial charge is 0.328 e. The molecule has 3 aromatic heterocycles. The number of aryl methyl sites for hydroxylation is 1. The van der Waals surface area contributed by atoms with Crippen molar-refractivity contribution in [2.24, 2.45) is 5.92 Å². The first-order valence-corrected chi connectivity index (χ1v) is 12.7. The molecule has 2 atom stereocenters. The predicted molar refractivity (Wildman–Crippen MR) is 136 cm³/mol. The fourth-order valence-electron chi connectivity index (χ4n) is 5.30. The first-order chi connectivity index (χ1) is 17.6. The molecule has 5 rings (SSSR count). The Morgan fingerprint density at radius 1 is 1.14 bits per heavy atom. The van der Waals surface area contributed by atoms with Crippen LogP contribution in [0.5, 0.6) is 0 Å². The van der Waals surface area contributed by atoms with Crippen LogP contribution in [0, 0.1) is 5.92 Å². The van der Waals surface area contributed by atoms with Crippen LogP contribution >= 0.6 is 0 Å². The van der Waals surface area contributed by atoms with Gasteiger partial charge in [0.1, 0.15) is 5.78 Å². The molecule has 0 radical (unpaired) electrons. The van der Waals surface area contributed by atoms with Crippen molar-refractivity contribution >= 4 is 5.78 Å². The van der Waals surface area contributed by atoms with Gasteiger partial charge in [-0.25, -0.2) is 4.79 Å². The van der Waals surface area contributed by atoms with E-state index in [4.69, 9.17) is 4.98 Å². The molecule has 1 N–H and O–H groups in total. The zero-order chi connectivity index (χ0) is 25.1. The molecule has 9 heteroatoms. The quantitative estimate of drug-likeness (QED) is 0.380. The summed E-state index contributed by atoms with van der Waals surface area (Å²) >= 11 is 0. The Kier molecular flexibility index (Phi) is 6.88. The normalized spacial score (nSPS) is 17.5. The fourth-order valence-corrected chi connectivity index (χ4v) is 5.30. The molecule has 1 fully saturated rings. The molecule has 0 amide bonds. The van der Waals surface area contributed by atoms with E-state index in [1.165, 1.54) is 0 Å². The maximum absolute atomic E-state index is 13.5. The Hall–Kier alpha value is -3.88. The Bertz CT molecular complexity index is 1390. The lowest BCUT2D eigenvalue weighted by atomic mass is 9.99. The van der Waals surface area contributed by atoms with E-state index in [1.54, 1.807) is 6.92 Å². The summed E-state index contributed by atoms with van der Waals surface area (Å²) < 4.78 is 3.65. The fraction of sp³-hybridized carbons (Fsp3) is 0.407. The summed E-state index contributed by atoms with van der Waals surface area (Å²) in [6.45, 7) is 4.19. The van der Waals surface area contributed by atoms with Crippen molar-refractivity contribution in [2.45, 2.75) is 65.0 Å². The van der Waals surface area contributed by atoms with Crippen molar-refractivity contribution in [3.63, 3.8) is 0 Å². The van der Waals surface area contributed by atoms with Crippen molar-refractivity contribution < 1.29 is 4.79 Å². The standard InChI is InChI=1S/C27H31N7O2/c1-3-4-8-21-17-34(25-12-7-11-22(25)18(2)35)27(36)33(21)16-20-14-13-19(15-28-20)23-9-5-6-10-24(23)26-29-31-32-30-26/h5-6,9-10,13-15,17,22,25H,3-4,7-8,11-12,16H2,1-2H3,(H,29,30,31,32). The van der Waals surface area contributed by atoms with Gasteiger partial charge in [-0.15, -0.1) is 10.2 Å². The molecular formula is C27H31N7O2. The molecule has 3 heterocycles. The monoisotopic (exact) mass is 485 g/mol. The molecule has 2 unspecified atom stereocenters. The Morgan fingerprint density at radius 2 is 1.97 bits per heavy atom. The van der Waals surface area contributed by atoms with Gasteiger partial charge >= 0.3 is 5.69 Å². The summed E-state index contributed by atoms with van der Waals surface area (Å²) in [7, 11) is 0. The lowest BCUT2D eigenvalue weighted by Crippen LogP contribution is -2.31. The summed E-state index contributed by atoms with van der Waals surface area (Å²) in [4.78, 5) is 30.4. The topological polar surface area (TPSA) is 111 Å². The summed E-state index contributed by atoms with van der Waals surface area (Å²) in [5, 5.41) is 14.4. The van der Waals surface area contributed by atoms with Crippen LogP contribution < -0.4 is 5.69 Å². The summed E-state index contributed by atoms with van der Waals surface area (Å²) in [5.41, 5.74) is 4.53. The van der Waals surface area contributed by atoms with Crippen LogP contribution in [0.15, 0.2) is 53.6 Å². The van der Waals surface area contributed by atoms with Crippen molar-refractivity contribution in [2.75, 3.05) is 0 Å². The van der Waals surface area contributed by atoms with Crippen LogP contribution in [0.25, 0.3) is 22.5 Å². The highest BCUT2D eigenvalue weighted by Crippen LogP contribution is 2.36. The van der Waals surface area contributed by atoms with E-state index in [2.05, 4.69) is 27.5 Å². The number of carbonyl (C=O) groups is 1. The molecule has 4 aromatic rings. The highest BCUT2D eigenvalue weighted by molar-refractivity contribution is 5.80. The number of H-pyrrole nitrogens is 1. The average molecular weight is 486 g/mol. The highest BCUT2D eigenvalue weighted by Gasteiger charge is 2.33. The first kappa shape index (κ1) is 23.8. The number of aromatic amines is 1.